The van der Waals surface area contributed by atoms with Crippen molar-refractivity contribution in [2.24, 2.45) is 0 Å². The molecule has 0 spiro atoms. The Kier molecular flexibility index (Phi) is 3.38. The van der Waals surface area contributed by atoms with E-state index in [1.54, 1.807) is 20.8 Å². The number of nitrogens with zero attached hydrogens (tertiary/aromatic N) is 2. The van der Waals surface area contributed by atoms with Crippen molar-refractivity contribution < 1.29 is 14.8 Å². The van der Waals surface area contributed by atoms with E-state index in [9.17, 15) is 14.9 Å². The Labute approximate surface area is 102 Å². The Balaban J connectivity index is 3.58. The maximum atomic E-state index is 10.9. The molecule has 0 radical (unpaired) electrons. The van der Waals surface area contributed by atoms with Crippen LogP contribution in [-0.4, -0.2) is 21.0 Å². The van der Waals surface area contributed by atoms with Crippen LogP contribution in [-0.2, 0) is 5.41 Å². The summed E-state index contributed by atoms with van der Waals surface area (Å²) in [6.45, 7) is 5.21. The van der Waals surface area contributed by atoms with Gasteiger partial charge in [0.05, 0.1) is 4.92 Å². The molecule has 0 atom stereocenters. The van der Waals surface area contributed by atoms with Crippen molar-refractivity contribution in [3.8, 4) is 0 Å². The van der Waals surface area contributed by atoms with Crippen LogP contribution in [0.1, 0.15) is 36.8 Å². The summed E-state index contributed by atoms with van der Waals surface area (Å²) in [7, 11) is 0. The number of nitro groups is 1. The van der Waals surface area contributed by atoms with Crippen LogP contribution in [0.25, 0.3) is 0 Å². The molecule has 1 aromatic heterocycles. The molecule has 1 rings (SSSR count). The van der Waals surface area contributed by atoms with E-state index in [1.807, 2.05) is 0 Å². The molecular weight excluding hydrogens is 248 g/mol. The van der Waals surface area contributed by atoms with Crippen LogP contribution in [0.3, 0.4) is 0 Å². The second-order valence-corrected chi connectivity index (χ2v) is 4.86. The zero-order valence-electron chi connectivity index (χ0n) is 9.52. The highest BCUT2D eigenvalue weighted by Gasteiger charge is 2.29. The van der Waals surface area contributed by atoms with Gasteiger partial charge in [0.25, 0.3) is 5.69 Å². The van der Waals surface area contributed by atoms with Crippen LogP contribution in [0.5, 0.6) is 0 Å². The molecule has 92 valence electrons. The number of pyridine rings is 1. The number of carboxylic acid groups (broad SMARTS) is 1. The first-order valence-electron chi connectivity index (χ1n) is 4.73. The number of hydrogen-bond donors (Lipinski definition) is 1. The number of halogens is 1. The van der Waals surface area contributed by atoms with Crippen molar-refractivity contribution in [1.29, 1.82) is 0 Å². The van der Waals surface area contributed by atoms with E-state index >= 15 is 0 Å². The van der Waals surface area contributed by atoms with Crippen molar-refractivity contribution in [1.82, 2.24) is 4.98 Å². The Morgan fingerprint density at radius 3 is 2.41 bits per heavy atom. The molecule has 0 saturated heterocycles. The first-order chi connectivity index (χ1) is 7.64. The minimum Gasteiger partial charge on any atom is -0.478 e. The molecule has 0 aliphatic carbocycles. The lowest BCUT2D eigenvalue weighted by molar-refractivity contribution is -0.386. The Bertz CT molecular complexity index is 494. The predicted molar refractivity (Wildman–Crippen MR) is 61.6 cm³/mol. The highest BCUT2D eigenvalue weighted by Crippen LogP contribution is 2.32. The number of carboxylic acids is 1. The van der Waals surface area contributed by atoms with Gasteiger partial charge >= 0.3 is 5.97 Å². The first kappa shape index (κ1) is 13.4. The Morgan fingerprint density at radius 1 is 1.53 bits per heavy atom. The van der Waals surface area contributed by atoms with Crippen molar-refractivity contribution >= 4 is 23.3 Å². The molecular formula is C10H11ClN2O4. The maximum absolute atomic E-state index is 10.9. The van der Waals surface area contributed by atoms with Gasteiger partial charge in [0, 0.05) is 11.5 Å². The van der Waals surface area contributed by atoms with Gasteiger partial charge in [-0.05, 0) is 0 Å². The van der Waals surface area contributed by atoms with Crippen molar-refractivity contribution in [2.45, 2.75) is 26.2 Å². The summed E-state index contributed by atoms with van der Waals surface area (Å²) in [4.78, 5) is 24.9. The summed E-state index contributed by atoms with van der Waals surface area (Å²) >= 11 is 5.69. The van der Waals surface area contributed by atoms with E-state index in [4.69, 9.17) is 16.7 Å². The third-order valence-corrected chi connectivity index (χ3v) is 2.38. The number of hydrogen-bond acceptors (Lipinski definition) is 4. The summed E-state index contributed by atoms with van der Waals surface area (Å²) in [5, 5.41) is 19.5. The zero-order valence-corrected chi connectivity index (χ0v) is 10.3. The quantitative estimate of drug-likeness (QED) is 0.500. The summed E-state index contributed by atoms with van der Waals surface area (Å²) < 4.78 is 0. The Hall–Kier alpha value is -1.69. The zero-order chi connectivity index (χ0) is 13.4. The largest absolute Gasteiger partial charge is 0.478 e. The van der Waals surface area contributed by atoms with Gasteiger partial charge in [-0.25, -0.2) is 9.78 Å². The van der Waals surface area contributed by atoms with Crippen LogP contribution in [0, 0.1) is 10.1 Å². The standard InChI is InChI=1S/C10H11ClN2O4/c1-10(2,3)7-6(13(16)17)4-5(9(14)15)8(11)12-7/h4H,1-3H3,(H,14,15). The van der Waals surface area contributed by atoms with E-state index in [1.165, 1.54) is 0 Å². The van der Waals surface area contributed by atoms with Crippen molar-refractivity contribution in [3.63, 3.8) is 0 Å². The monoisotopic (exact) mass is 258 g/mol. The highest BCUT2D eigenvalue weighted by atomic mass is 35.5. The predicted octanol–water partition coefficient (Wildman–Crippen LogP) is 2.64. The van der Waals surface area contributed by atoms with E-state index in [0.717, 1.165) is 6.07 Å². The molecule has 0 saturated carbocycles. The molecule has 0 fully saturated rings. The molecule has 0 aromatic carbocycles. The summed E-state index contributed by atoms with van der Waals surface area (Å²) in [6.07, 6.45) is 0. The molecule has 1 N–H and O–H groups in total. The summed E-state index contributed by atoms with van der Waals surface area (Å²) in [6, 6.07) is 0.943. The maximum Gasteiger partial charge on any atom is 0.339 e. The second-order valence-electron chi connectivity index (χ2n) is 4.51. The van der Waals surface area contributed by atoms with E-state index < -0.39 is 16.3 Å². The van der Waals surface area contributed by atoms with Gasteiger partial charge in [-0.3, -0.25) is 10.1 Å². The smallest absolute Gasteiger partial charge is 0.339 e. The number of rotatable bonds is 2. The number of aromatic nitrogens is 1. The van der Waals surface area contributed by atoms with Crippen molar-refractivity contribution in [2.75, 3.05) is 0 Å². The molecule has 0 aliphatic rings. The second kappa shape index (κ2) is 4.29. The van der Waals surface area contributed by atoms with Gasteiger partial charge in [-0.2, -0.15) is 0 Å². The lowest BCUT2D eigenvalue weighted by atomic mass is 9.90. The molecule has 1 heterocycles. The van der Waals surface area contributed by atoms with E-state index in [-0.39, 0.29) is 22.1 Å². The SMILES string of the molecule is CC(C)(C)c1nc(Cl)c(C(=O)O)cc1[N+](=O)[O-]. The molecule has 0 unspecified atom stereocenters. The third kappa shape index (κ3) is 2.71. The van der Waals surface area contributed by atoms with Crippen LogP contribution in [0.2, 0.25) is 5.15 Å². The van der Waals surface area contributed by atoms with Crippen LogP contribution in [0.4, 0.5) is 5.69 Å². The topological polar surface area (TPSA) is 93.3 Å². The lowest BCUT2D eigenvalue weighted by Crippen LogP contribution is -2.17. The van der Waals surface area contributed by atoms with Gasteiger partial charge in [0.1, 0.15) is 16.4 Å². The van der Waals surface area contributed by atoms with Crippen LogP contribution in [0.15, 0.2) is 6.07 Å². The Morgan fingerprint density at radius 2 is 2.06 bits per heavy atom. The molecule has 17 heavy (non-hydrogen) atoms. The molecule has 0 bridgehead atoms. The highest BCUT2D eigenvalue weighted by molar-refractivity contribution is 6.32. The van der Waals surface area contributed by atoms with E-state index in [2.05, 4.69) is 4.98 Å². The average Bonchev–Trinajstić information content (AvgIpc) is 2.14. The fourth-order valence-electron chi connectivity index (χ4n) is 1.32. The molecule has 0 amide bonds. The fraction of sp³-hybridized carbons (Fsp3) is 0.400. The van der Waals surface area contributed by atoms with Gasteiger partial charge in [0.2, 0.25) is 0 Å². The molecule has 1 aromatic rings. The lowest BCUT2D eigenvalue weighted by Gasteiger charge is -2.18. The van der Waals surface area contributed by atoms with Crippen LogP contribution < -0.4 is 0 Å². The minimum absolute atomic E-state index is 0.164. The molecule has 0 aliphatic heterocycles. The summed E-state index contributed by atoms with van der Waals surface area (Å²) in [5.41, 5.74) is -1.13. The van der Waals surface area contributed by atoms with Gasteiger partial charge in [-0.1, -0.05) is 32.4 Å². The third-order valence-electron chi connectivity index (χ3n) is 2.09. The minimum atomic E-state index is -1.34. The van der Waals surface area contributed by atoms with E-state index in [0.29, 0.717) is 0 Å². The number of aromatic carboxylic acids is 1. The van der Waals surface area contributed by atoms with Gasteiger partial charge in [0.15, 0.2) is 0 Å². The fourth-order valence-corrected chi connectivity index (χ4v) is 1.54. The van der Waals surface area contributed by atoms with Crippen molar-refractivity contribution in [3.05, 3.63) is 32.6 Å². The summed E-state index contributed by atoms with van der Waals surface area (Å²) in [5.74, 6) is -1.34. The normalized spacial score (nSPS) is 11.3. The van der Waals surface area contributed by atoms with Gasteiger partial charge in [-0.15, -0.1) is 0 Å². The first-order valence-corrected chi connectivity index (χ1v) is 5.11. The number of carbonyl (C=O) groups is 1. The average molecular weight is 259 g/mol. The van der Waals surface area contributed by atoms with Gasteiger partial charge < -0.3 is 5.11 Å². The molecule has 7 heteroatoms. The molecule has 6 nitrogen and oxygen atoms in total. The van der Waals surface area contributed by atoms with Crippen LogP contribution >= 0.6 is 11.6 Å².